The minimum Gasteiger partial charge on any atom is -0.367 e. The predicted molar refractivity (Wildman–Crippen MR) is 89.4 cm³/mol. The quantitative estimate of drug-likeness (QED) is 0.737. The number of anilines is 2. The lowest BCUT2D eigenvalue weighted by Crippen LogP contribution is -2.34. The first-order valence-corrected chi connectivity index (χ1v) is 7.91. The molecule has 24 heavy (non-hydrogen) atoms. The van der Waals surface area contributed by atoms with Gasteiger partial charge in [-0.25, -0.2) is 0 Å². The number of nitrogens with zero attached hydrogens (tertiary/aromatic N) is 3. The van der Waals surface area contributed by atoms with Gasteiger partial charge in [0.25, 0.3) is 0 Å². The third kappa shape index (κ3) is 3.65. The van der Waals surface area contributed by atoms with Crippen LogP contribution in [0.3, 0.4) is 0 Å². The summed E-state index contributed by atoms with van der Waals surface area (Å²) in [6, 6.07) is 7.04. The minimum atomic E-state index is -0.378. The number of rotatable bonds is 5. The Bertz CT molecular complexity index is 762. The Hall–Kier alpha value is -2.61. The average Bonchev–Trinajstić information content (AvgIpc) is 3.13. The molecule has 0 spiro atoms. The molecule has 3 rings (SSSR count). The lowest BCUT2D eigenvalue weighted by atomic mass is 10.1. The number of carbonyl (C=O) groups excluding carboxylic acids is 2. The van der Waals surface area contributed by atoms with E-state index in [2.05, 4.69) is 20.5 Å². The van der Waals surface area contributed by atoms with E-state index in [1.54, 1.807) is 29.2 Å². The van der Waals surface area contributed by atoms with Crippen molar-refractivity contribution >= 4 is 35.1 Å². The van der Waals surface area contributed by atoms with Crippen LogP contribution in [-0.2, 0) is 16.0 Å². The van der Waals surface area contributed by atoms with Crippen LogP contribution in [0, 0.1) is 5.92 Å². The molecule has 0 aliphatic carbocycles. The van der Waals surface area contributed by atoms with Crippen LogP contribution in [0.15, 0.2) is 24.3 Å². The summed E-state index contributed by atoms with van der Waals surface area (Å²) in [5.41, 5.74) is 6.12. The van der Waals surface area contributed by atoms with Crippen molar-refractivity contribution in [1.29, 1.82) is 0 Å². The van der Waals surface area contributed by atoms with Gasteiger partial charge in [-0.05, 0) is 18.2 Å². The first-order chi connectivity index (χ1) is 11.5. The lowest BCUT2D eigenvalue weighted by Gasteiger charge is -2.16. The van der Waals surface area contributed by atoms with E-state index in [9.17, 15) is 9.59 Å². The van der Waals surface area contributed by atoms with Crippen molar-refractivity contribution in [3.05, 3.63) is 35.1 Å². The molecule has 1 aromatic heterocycles. The van der Waals surface area contributed by atoms with Crippen molar-refractivity contribution in [2.24, 2.45) is 5.92 Å². The van der Waals surface area contributed by atoms with E-state index in [4.69, 9.17) is 17.3 Å². The summed E-state index contributed by atoms with van der Waals surface area (Å²) < 4.78 is 0. The fourth-order valence-corrected chi connectivity index (χ4v) is 2.83. The standard InChI is InChI=1S/C15H17ClN6O2/c16-10-2-1-3-11(7-10)22-8-9(6-13(22)23)14(24)18-5-4-12-19-15(17)21-20-12/h1-3,7,9H,4-6,8H2,(H,18,24)(H3,17,19,20,21). The number of halogens is 1. The zero-order valence-corrected chi connectivity index (χ0v) is 13.6. The Morgan fingerprint density at radius 3 is 3.04 bits per heavy atom. The van der Waals surface area contributed by atoms with Crippen LogP contribution in [0.4, 0.5) is 11.6 Å². The van der Waals surface area contributed by atoms with Gasteiger partial charge in [-0.3, -0.25) is 14.7 Å². The molecule has 4 N–H and O–H groups in total. The van der Waals surface area contributed by atoms with E-state index in [-0.39, 0.29) is 30.1 Å². The maximum Gasteiger partial charge on any atom is 0.239 e. The van der Waals surface area contributed by atoms with Crippen LogP contribution in [0.1, 0.15) is 12.2 Å². The Labute approximate surface area is 143 Å². The van der Waals surface area contributed by atoms with Crippen LogP contribution in [0.2, 0.25) is 5.02 Å². The second-order valence-corrected chi connectivity index (χ2v) is 6.00. The Balaban J connectivity index is 1.54. The normalized spacial score (nSPS) is 17.3. The summed E-state index contributed by atoms with van der Waals surface area (Å²) in [4.78, 5) is 30.0. The predicted octanol–water partition coefficient (Wildman–Crippen LogP) is 0.752. The largest absolute Gasteiger partial charge is 0.367 e. The number of nitrogens with one attached hydrogen (secondary N) is 2. The van der Waals surface area contributed by atoms with Gasteiger partial charge in [0.2, 0.25) is 17.8 Å². The zero-order chi connectivity index (χ0) is 17.1. The third-order valence-corrected chi connectivity index (χ3v) is 4.06. The summed E-state index contributed by atoms with van der Waals surface area (Å²) >= 11 is 5.96. The van der Waals surface area contributed by atoms with Crippen molar-refractivity contribution in [3.8, 4) is 0 Å². The molecule has 1 fully saturated rings. The van der Waals surface area contributed by atoms with E-state index < -0.39 is 0 Å². The minimum absolute atomic E-state index is 0.0829. The molecule has 1 aliphatic heterocycles. The summed E-state index contributed by atoms with van der Waals surface area (Å²) in [5, 5.41) is 9.77. The maximum atomic E-state index is 12.2. The average molecular weight is 349 g/mol. The van der Waals surface area contributed by atoms with Gasteiger partial charge in [0.05, 0.1) is 5.92 Å². The molecule has 1 aromatic carbocycles. The van der Waals surface area contributed by atoms with Crippen LogP contribution in [-0.4, -0.2) is 40.1 Å². The molecule has 2 amide bonds. The molecule has 1 saturated heterocycles. The highest BCUT2D eigenvalue weighted by Crippen LogP contribution is 2.27. The van der Waals surface area contributed by atoms with Crippen molar-refractivity contribution in [3.63, 3.8) is 0 Å². The fourth-order valence-electron chi connectivity index (χ4n) is 2.65. The Morgan fingerprint density at radius 2 is 2.33 bits per heavy atom. The van der Waals surface area contributed by atoms with Crippen molar-refractivity contribution in [2.75, 3.05) is 23.7 Å². The molecule has 2 aromatic rings. The van der Waals surface area contributed by atoms with Crippen LogP contribution >= 0.6 is 11.6 Å². The van der Waals surface area contributed by atoms with Gasteiger partial charge in [-0.2, -0.15) is 4.98 Å². The van der Waals surface area contributed by atoms with Gasteiger partial charge < -0.3 is 16.0 Å². The van der Waals surface area contributed by atoms with Gasteiger partial charge in [0.15, 0.2) is 0 Å². The van der Waals surface area contributed by atoms with Gasteiger partial charge in [0, 0.05) is 36.6 Å². The maximum absolute atomic E-state index is 12.2. The van der Waals surface area contributed by atoms with E-state index in [1.807, 2.05) is 0 Å². The van der Waals surface area contributed by atoms with Gasteiger partial charge in [-0.1, -0.05) is 17.7 Å². The van der Waals surface area contributed by atoms with Gasteiger partial charge in [-0.15, -0.1) is 5.10 Å². The second-order valence-electron chi connectivity index (χ2n) is 5.57. The van der Waals surface area contributed by atoms with E-state index in [0.717, 1.165) is 0 Å². The highest BCUT2D eigenvalue weighted by atomic mass is 35.5. The second kappa shape index (κ2) is 6.88. The summed E-state index contributed by atoms with van der Waals surface area (Å²) in [6.07, 6.45) is 0.683. The fraction of sp³-hybridized carbons (Fsp3) is 0.333. The molecule has 2 heterocycles. The molecule has 0 saturated carbocycles. The highest BCUT2D eigenvalue weighted by molar-refractivity contribution is 6.30. The van der Waals surface area contributed by atoms with Crippen molar-refractivity contribution < 1.29 is 9.59 Å². The number of H-pyrrole nitrogens is 1. The van der Waals surface area contributed by atoms with E-state index >= 15 is 0 Å². The molecule has 9 heteroatoms. The monoisotopic (exact) mass is 348 g/mol. The van der Waals surface area contributed by atoms with Gasteiger partial charge in [0.1, 0.15) is 5.82 Å². The van der Waals surface area contributed by atoms with Crippen LogP contribution in [0.25, 0.3) is 0 Å². The summed E-state index contributed by atoms with van der Waals surface area (Å²) in [5.74, 6) is 0.169. The van der Waals surface area contributed by atoms with E-state index in [1.165, 1.54) is 0 Å². The topological polar surface area (TPSA) is 117 Å². The molecular formula is C15H17ClN6O2. The zero-order valence-electron chi connectivity index (χ0n) is 12.8. The Kier molecular flexibility index (Phi) is 4.66. The number of aromatic nitrogens is 3. The number of nitrogen functional groups attached to an aromatic ring is 1. The SMILES string of the molecule is Nc1n[nH]c(CCNC(=O)C2CC(=O)N(c3cccc(Cl)c3)C2)n1. The molecule has 0 radical (unpaired) electrons. The number of nitrogens with two attached hydrogens (primary N) is 1. The molecular weight excluding hydrogens is 332 g/mol. The number of aromatic amines is 1. The number of carbonyl (C=O) groups is 2. The van der Waals surface area contributed by atoms with Crippen LogP contribution < -0.4 is 16.0 Å². The summed E-state index contributed by atoms with van der Waals surface area (Å²) in [7, 11) is 0. The first kappa shape index (κ1) is 16.3. The molecule has 1 atom stereocenters. The van der Waals surface area contributed by atoms with Crippen molar-refractivity contribution in [2.45, 2.75) is 12.8 Å². The van der Waals surface area contributed by atoms with Gasteiger partial charge >= 0.3 is 0 Å². The van der Waals surface area contributed by atoms with Crippen molar-refractivity contribution in [1.82, 2.24) is 20.5 Å². The molecule has 1 unspecified atom stereocenters. The third-order valence-electron chi connectivity index (χ3n) is 3.83. The number of hydrogen-bond acceptors (Lipinski definition) is 5. The molecule has 1 aliphatic rings. The lowest BCUT2D eigenvalue weighted by molar-refractivity contribution is -0.126. The number of amides is 2. The molecule has 126 valence electrons. The highest BCUT2D eigenvalue weighted by Gasteiger charge is 2.35. The number of benzene rings is 1. The number of hydrogen-bond donors (Lipinski definition) is 3. The first-order valence-electron chi connectivity index (χ1n) is 7.53. The smallest absolute Gasteiger partial charge is 0.239 e. The summed E-state index contributed by atoms with van der Waals surface area (Å²) in [6.45, 7) is 0.746. The van der Waals surface area contributed by atoms with Crippen LogP contribution in [0.5, 0.6) is 0 Å². The molecule has 0 bridgehead atoms. The van der Waals surface area contributed by atoms with E-state index in [0.29, 0.717) is 36.0 Å². The molecule has 8 nitrogen and oxygen atoms in total. The Morgan fingerprint density at radius 1 is 1.50 bits per heavy atom.